The number of aliphatic carboxylic acids is 1. The van der Waals surface area contributed by atoms with Crippen LogP contribution in [-0.2, 0) is 30.4 Å². The van der Waals surface area contributed by atoms with Crippen LogP contribution in [0, 0.1) is 11.8 Å². The Bertz CT molecular complexity index is 874. The minimum absolute atomic E-state index is 0.00149. The highest BCUT2D eigenvalue weighted by atomic mass is 16.4. The molecular formula is C22H37N7O6. The van der Waals surface area contributed by atoms with Gasteiger partial charge in [-0.1, -0.05) is 34.1 Å². The van der Waals surface area contributed by atoms with Crippen molar-refractivity contribution in [1.29, 1.82) is 0 Å². The summed E-state index contributed by atoms with van der Waals surface area (Å²) in [5, 5.41) is 17.1. The molecule has 0 aliphatic rings. The Morgan fingerprint density at radius 1 is 1.03 bits per heavy atom. The van der Waals surface area contributed by atoms with Gasteiger partial charge in [0.1, 0.15) is 18.1 Å². The van der Waals surface area contributed by atoms with Crippen molar-refractivity contribution in [3.63, 3.8) is 0 Å². The maximum absolute atomic E-state index is 13.2. The lowest BCUT2D eigenvalue weighted by Gasteiger charge is -2.27. The zero-order chi connectivity index (χ0) is 26.7. The Morgan fingerprint density at radius 2 is 1.63 bits per heavy atom. The van der Waals surface area contributed by atoms with Crippen LogP contribution in [0.4, 0.5) is 0 Å². The number of primary amides is 1. The third kappa shape index (κ3) is 10.1. The lowest BCUT2D eigenvalue weighted by molar-refractivity contribution is -0.144. The summed E-state index contributed by atoms with van der Waals surface area (Å²) in [6.45, 7) is 7.22. The largest absolute Gasteiger partial charge is 0.480 e. The van der Waals surface area contributed by atoms with E-state index in [0.717, 1.165) is 0 Å². The molecule has 0 spiro atoms. The number of hydrogen-bond acceptors (Lipinski definition) is 7. The summed E-state index contributed by atoms with van der Waals surface area (Å²) in [5.41, 5.74) is 11.3. The minimum Gasteiger partial charge on any atom is -0.480 e. The molecule has 4 amide bonds. The second kappa shape index (κ2) is 14.0. The van der Waals surface area contributed by atoms with Crippen LogP contribution in [0.1, 0.15) is 52.7 Å². The second-order valence-corrected chi connectivity index (χ2v) is 9.02. The average molecular weight is 496 g/mol. The highest BCUT2D eigenvalue weighted by Gasteiger charge is 2.32. The summed E-state index contributed by atoms with van der Waals surface area (Å²) in [6.07, 6.45) is 3.23. The van der Waals surface area contributed by atoms with E-state index in [1.165, 1.54) is 12.5 Å². The third-order valence-corrected chi connectivity index (χ3v) is 5.49. The smallest absolute Gasteiger partial charge is 0.326 e. The van der Waals surface area contributed by atoms with Gasteiger partial charge in [-0.15, -0.1) is 0 Å². The number of imidazole rings is 1. The van der Waals surface area contributed by atoms with Gasteiger partial charge in [0, 0.05) is 18.3 Å². The van der Waals surface area contributed by atoms with Crippen LogP contribution in [0.15, 0.2) is 12.5 Å². The molecule has 0 saturated heterocycles. The number of nitrogens with zero attached hydrogens (tertiary/aromatic N) is 1. The number of carbonyl (C=O) groups is 5. The Balaban J connectivity index is 3.08. The first-order chi connectivity index (χ1) is 16.3. The molecule has 13 heteroatoms. The molecule has 196 valence electrons. The van der Waals surface area contributed by atoms with E-state index in [4.69, 9.17) is 11.5 Å². The number of H-pyrrole nitrogens is 1. The number of nitrogens with one attached hydrogen (secondary N) is 4. The molecule has 1 rings (SSSR count). The molecule has 0 bridgehead atoms. The number of hydrogen-bond donors (Lipinski definition) is 7. The average Bonchev–Trinajstić information content (AvgIpc) is 3.27. The van der Waals surface area contributed by atoms with Crippen LogP contribution < -0.4 is 27.4 Å². The highest BCUT2D eigenvalue weighted by Crippen LogP contribution is 2.11. The Morgan fingerprint density at radius 3 is 2.11 bits per heavy atom. The van der Waals surface area contributed by atoms with Gasteiger partial charge in [-0.25, -0.2) is 9.78 Å². The van der Waals surface area contributed by atoms with Gasteiger partial charge in [0.25, 0.3) is 0 Å². The Kier molecular flexibility index (Phi) is 11.9. The number of carbonyl (C=O) groups excluding carboxylic acids is 4. The van der Waals surface area contributed by atoms with E-state index >= 15 is 0 Å². The molecule has 1 aromatic heterocycles. The summed E-state index contributed by atoms with van der Waals surface area (Å²) in [7, 11) is 0. The summed E-state index contributed by atoms with van der Waals surface area (Å²) in [4.78, 5) is 68.1. The topological polar surface area (TPSA) is 222 Å². The van der Waals surface area contributed by atoms with Crippen molar-refractivity contribution in [3.8, 4) is 0 Å². The maximum Gasteiger partial charge on any atom is 0.326 e. The zero-order valence-electron chi connectivity index (χ0n) is 20.5. The number of amides is 4. The molecule has 1 heterocycles. The predicted octanol–water partition coefficient (Wildman–Crippen LogP) is -1.21. The standard InChI is InChI=1S/C22H37N7O6/c1-5-12(4)18(22(34)35)29-21(33)15(6-11(2)3)28-20(32)16(7-13-9-25-10-26-13)27-19(31)14(23)8-17(24)30/h9-12,14-16,18H,5-8,23H2,1-4H3,(H2,24,30)(H,25,26)(H,27,31)(H,28,32)(H,29,33)(H,34,35). The van der Waals surface area contributed by atoms with Crippen molar-refractivity contribution in [2.75, 3.05) is 0 Å². The lowest BCUT2D eigenvalue weighted by Crippen LogP contribution is -2.58. The van der Waals surface area contributed by atoms with Crippen LogP contribution in [0.3, 0.4) is 0 Å². The van der Waals surface area contributed by atoms with Gasteiger partial charge in [-0.3, -0.25) is 19.2 Å². The lowest BCUT2D eigenvalue weighted by atomic mass is 9.97. The van der Waals surface area contributed by atoms with Crippen LogP contribution >= 0.6 is 0 Å². The number of carboxylic acid groups (broad SMARTS) is 1. The van der Waals surface area contributed by atoms with E-state index in [2.05, 4.69) is 25.9 Å². The molecule has 35 heavy (non-hydrogen) atoms. The van der Waals surface area contributed by atoms with Gasteiger partial charge in [-0.05, 0) is 18.3 Å². The predicted molar refractivity (Wildman–Crippen MR) is 126 cm³/mol. The first-order valence-corrected chi connectivity index (χ1v) is 11.5. The van der Waals surface area contributed by atoms with Gasteiger partial charge in [0.15, 0.2) is 0 Å². The van der Waals surface area contributed by atoms with Crippen molar-refractivity contribution in [3.05, 3.63) is 18.2 Å². The van der Waals surface area contributed by atoms with E-state index in [1.807, 2.05) is 20.8 Å². The van der Waals surface area contributed by atoms with Crippen molar-refractivity contribution in [1.82, 2.24) is 25.9 Å². The van der Waals surface area contributed by atoms with Crippen molar-refractivity contribution in [2.45, 2.75) is 77.5 Å². The molecule has 0 fully saturated rings. The van der Waals surface area contributed by atoms with E-state index in [-0.39, 0.29) is 24.7 Å². The third-order valence-electron chi connectivity index (χ3n) is 5.49. The molecule has 0 aliphatic heterocycles. The molecule has 9 N–H and O–H groups in total. The quantitative estimate of drug-likeness (QED) is 0.156. The second-order valence-electron chi connectivity index (χ2n) is 9.02. The molecule has 5 unspecified atom stereocenters. The number of rotatable bonds is 15. The molecule has 1 aromatic rings. The van der Waals surface area contributed by atoms with Gasteiger partial charge in [0.2, 0.25) is 23.6 Å². The van der Waals surface area contributed by atoms with Crippen LogP contribution in [-0.4, -0.2) is 68.8 Å². The normalized spacial score (nSPS) is 15.4. The molecular weight excluding hydrogens is 458 g/mol. The fourth-order valence-electron chi connectivity index (χ4n) is 3.33. The Hall–Kier alpha value is -3.48. The van der Waals surface area contributed by atoms with Gasteiger partial charge >= 0.3 is 5.97 Å². The minimum atomic E-state index is -1.26. The fraction of sp³-hybridized carbons (Fsp3) is 0.636. The van der Waals surface area contributed by atoms with Gasteiger partial charge in [-0.2, -0.15) is 0 Å². The summed E-state index contributed by atoms with van der Waals surface area (Å²) < 4.78 is 0. The molecule has 0 radical (unpaired) electrons. The van der Waals surface area contributed by atoms with Crippen molar-refractivity contribution >= 4 is 29.6 Å². The monoisotopic (exact) mass is 495 g/mol. The van der Waals surface area contributed by atoms with Crippen molar-refractivity contribution in [2.24, 2.45) is 23.3 Å². The molecule has 0 aromatic carbocycles. The van der Waals surface area contributed by atoms with E-state index in [0.29, 0.717) is 12.1 Å². The van der Waals surface area contributed by atoms with Gasteiger partial charge < -0.3 is 37.5 Å². The van der Waals surface area contributed by atoms with Gasteiger partial charge in [0.05, 0.1) is 18.8 Å². The SMILES string of the molecule is CCC(C)C(NC(=O)C(CC(C)C)NC(=O)C(Cc1cnc[nH]1)NC(=O)C(N)CC(N)=O)C(=O)O. The Labute approximate surface area is 204 Å². The number of nitrogens with two attached hydrogens (primary N) is 2. The molecule has 13 nitrogen and oxygen atoms in total. The first-order valence-electron chi connectivity index (χ1n) is 11.5. The molecule has 5 atom stereocenters. The summed E-state index contributed by atoms with van der Waals surface area (Å²) >= 11 is 0. The van der Waals surface area contributed by atoms with E-state index in [1.54, 1.807) is 6.92 Å². The zero-order valence-corrected chi connectivity index (χ0v) is 20.5. The van der Waals surface area contributed by atoms with E-state index < -0.39 is 60.2 Å². The van der Waals surface area contributed by atoms with Crippen LogP contribution in [0.5, 0.6) is 0 Å². The molecule has 0 aliphatic carbocycles. The number of aromatic nitrogens is 2. The van der Waals surface area contributed by atoms with Crippen LogP contribution in [0.25, 0.3) is 0 Å². The fourth-order valence-corrected chi connectivity index (χ4v) is 3.33. The number of aromatic amines is 1. The number of carboxylic acids is 1. The highest BCUT2D eigenvalue weighted by molar-refractivity contribution is 5.95. The van der Waals surface area contributed by atoms with Crippen molar-refractivity contribution < 1.29 is 29.1 Å². The molecule has 0 saturated carbocycles. The van der Waals surface area contributed by atoms with E-state index in [9.17, 15) is 29.1 Å². The summed E-state index contributed by atoms with van der Waals surface area (Å²) in [5.74, 6) is -4.38. The summed E-state index contributed by atoms with van der Waals surface area (Å²) in [6, 6.07) is -4.58. The first kappa shape index (κ1) is 29.6. The van der Waals surface area contributed by atoms with Crippen LogP contribution in [0.2, 0.25) is 0 Å². The maximum atomic E-state index is 13.2.